The average Bonchev–Trinajstić information content (AvgIpc) is 2.89. The Balaban J connectivity index is 2.15. The van der Waals surface area contributed by atoms with E-state index in [-0.39, 0.29) is 37.5 Å². The van der Waals surface area contributed by atoms with Crippen molar-refractivity contribution >= 4 is 17.7 Å². The largest absolute Gasteiger partial charge is 0.480 e. The number of carbonyl (C=O) groups excluding carboxylic acids is 2. The number of hydrogen-bond donors (Lipinski definition) is 3. The van der Waals surface area contributed by atoms with Gasteiger partial charge in [-0.25, -0.2) is 4.79 Å². The number of amides is 1. The molecule has 1 fully saturated rings. The zero-order chi connectivity index (χ0) is 14.8. The van der Waals surface area contributed by atoms with Gasteiger partial charge >= 0.3 is 5.97 Å². The number of carbonyl (C=O) groups is 3. The molecule has 1 aliphatic rings. The molecule has 0 radical (unpaired) electrons. The van der Waals surface area contributed by atoms with Crippen molar-refractivity contribution in [3.05, 3.63) is 23.5 Å². The summed E-state index contributed by atoms with van der Waals surface area (Å²) in [5.74, 6) is -1.78. The van der Waals surface area contributed by atoms with Crippen molar-refractivity contribution in [2.24, 2.45) is 0 Å². The number of ether oxygens (including phenoxy) is 1. The number of rotatable bonds is 4. The molecule has 0 atom stereocenters. The summed E-state index contributed by atoms with van der Waals surface area (Å²) in [6, 6.07) is 1.41. The van der Waals surface area contributed by atoms with Crippen LogP contribution >= 0.6 is 0 Å². The highest BCUT2D eigenvalue weighted by Crippen LogP contribution is 2.21. The van der Waals surface area contributed by atoms with Crippen LogP contribution in [0.4, 0.5) is 0 Å². The number of aromatic nitrogens is 1. The molecule has 1 aliphatic heterocycles. The highest BCUT2D eigenvalue weighted by molar-refractivity contribution is 6.00. The predicted octanol–water partition coefficient (Wildman–Crippen LogP) is 0.581. The first-order valence-corrected chi connectivity index (χ1v) is 6.28. The van der Waals surface area contributed by atoms with E-state index < -0.39 is 17.4 Å². The van der Waals surface area contributed by atoms with Gasteiger partial charge < -0.3 is 20.1 Å². The first-order chi connectivity index (χ1) is 9.44. The third-order valence-corrected chi connectivity index (χ3v) is 3.44. The van der Waals surface area contributed by atoms with Crippen molar-refractivity contribution in [2.45, 2.75) is 25.3 Å². The summed E-state index contributed by atoms with van der Waals surface area (Å²) in [4.78, 5) is 37.4. The van der Waals surface area contributed by atoms with Gasteiger partial charge in [-0.3, -0.25) is 9.59 Å². The number of aromatic amines is 1. The minimum Gasteiger partial charge on any atom is -0.480 e. The quantitative estimate of drug-likeness (QED) is 0.699. The highest BCUT2D eigenvalue weighted by Gasteiger charge is 2.41. The van der Waals surface area contributed by atoms with Crippen molar-refractivity contribution in [1.82, 2.24) is 10.3 Å². The number of ketones is 1. The third kappa shape index (κ3) is 2.72. The molecule has 1 saturated heterocycles. The van der Waals surface area contributed by atoms with Gasteiger partial charge in [0, 0.05) is 37.8 Å². The summed E-state index contributed by atoms with van der Waals surface area (Å²) < 4.78 is 5.13. The minimum absolute atomic E-state index is 0.167. The van der Waals surface area contributed by atoms with Crippen LogP contribution in [0.3, 0.4) is 0 Å². The zero-order valence-corrected chi connectivity index (χ0v) is 11.1. The number of H-pyrrole nitrogens is 1. The van der Waals surface area contributed by atoms with Crippen LogP contribution in [0.2, 0.25) is 0 Å². The first kappa shape index (κ1) is 14.3. The molecule has 108 valence electrons. The van der Waals surface area contributed by atoms with Crippen molar-refractivity contribution in [2.75, 3.05) is 13.2 Å². The molecule has 3 N–H and O–H groups in total. The van der Waals surface area contributed by atoms with Crippen LogP contribution in [0.25, 0.3) is 0 Å². The van der Waals surface area contributed by atoms with Crippen LogP contribution in [0.15, 0.2) is 12.3 Å². The molecule has 7 nitrogen and oxygen atoms in total. The Hall–Kier alpha value is -2.15. The molecule has 0 unspecified atom stereocenters. The van der Waals surface area contributed by atoms with E-state index in [2.05, 4.69) is 10.3 Å². The topological polar surface area (TPSA) is 108 Å². The fourth-order valence-corrected chi connectivity index (χ4v) is 2.13. The Morgan fingerprint density at radius 2 is 2.00 bits per heavy atom. The van der Waals surface area contributed by atoms with Crippen molar-refractivity contribution in [3.8, 4) is 0 Å². The normalized spacial score (nSPS) is 17.4. The first-order valence-electron chi connectivity index (χ1n) is 6.28. The number of carboxylic acid groups (broad SMARTS) is 1. The Morgan fingerprint density at radius 3 is 2.50 bits per heavy atom. The van der Waals surface area contributed by atoms with Crippen molar-refractivity contribution < 1.29 is 24.2 Å². The van der Waals surface area contributed by atoms with E-state index in [4.69, 9.17) is 4.74 Å². The highest BCUT2D eigenvalue weighted by atomic mass is 16.5. The van der Waals surface area contributed by atoms with Crippen molar-refractivity contribution in [1.29, 1.82) is 0 Å². The molecule has 0 aliphatic carbocycles. The molecule has 1 aromatic rings. The van der Waals surface area contributed by atoms with Gasteiger partial charge in [0.15, 0.2) is 5.78 Å². The summed E-state index contributed by atoms with van der Waals surface area (Å²) in [7, 11) is 0. The monoisotopic (exact) mass is 280 g/mol. The van der Waals surface area contributed by atoms with Gasteiger partial charge in [0.05, 0.1) is 0 Å². The van der Waals surface area contributed by atoms with E-state index in [1.165, 1.54) is 19.2 Å². The lowest BCUT2D eigenvalue weighted by atomic mass is 9.90. The Labute approximate surface area is 115 Å². The summed E-state index contributed by atoms with van der Waals surface area (Å²) in [5, 5.41) is 11.9. The molecule has 7 heteroatoms. The standard InChI is InChI=1S/C13H16N2O5/c1-8(16)9-6-10(14-7-9)11(17)15-13(12(18)19)2-4-20-5-3-13/h6-7,14H,2-5H2,1H3,(H,15,17)(H,18,19). The summed E-state index contributed by atoms with van der Waals surface area (Å²) in [6.07, 6.45) is 1.86. The Bertz CT molecular complexity index is 543. The number of hydrogen-bond acceptors (Lipinski definition) is 4. The maximum atomic E-state index is 12.1. The van der Waals surface area contributed by atoms with E-state index in [1.807, 2.05) is 0 Å². The summed E-state index contributed by atoms with van der Waals surface area (Å²) >= 11 is 0. The number of Topliss-reactive ketones (excluding diaryl/α,β-unsaturated/α-hetero) is 1. The summed E-state index contributed by atoms with van der Waals surface area (Å²) in [6.45, 7) is 1.97. The van der Waals surface area contributed by atoms with Crippen LogP contribution in [0.5, 0.6) is 0 Å². The molecular formula is C13H16N2O5. The average molecular weight is 280 g/mol. The lowest BCUT2D eigenvalue weighted by Crippen LogP contribution is -2.57. The predicted molar refractivity (Wildman–Crippen MR) is 68.7 cm³/mol. The lowest BCUT2D eigenvalue weighted by molar-refractivity contribution is -0.148. The van der Waals surface area contributed by atoms with Crippen LogP contribution in [0, 0.1) is 0 Å². The zero-order valence-electron chi connectivity index (χ0n) is 11.1. The molecule has 2 rings (SSSR count). The second-order valence-electron chi connectivity index (χ2n) is 4.81. The molecule has 1 amide bonds. The fraction of sp³-hybridized carbons (Fsp3) is 0.462. The van der Waals surface area contributed by atoms with E-state index in [9.17, 15) is 19.5 Å². The van der Waals surface area contributed by atoms with Crippen LogP contribution in [-0.4, -0.2) is 46.5 Å². The molecule has 0 spiro atoms. The number of nitrogens with one attached hydrogen (secondary N) is 2. The molecule has 20 heavy (non-hydrogen) atoms. The van der Waals surface area contributed by atoms with Gasteiger partial charge in [0.25, 0.3) is 5.91 Å². The van der Waals surface area contributed by atoms with Gasteiger partial charge in [-0.1, -0.05) is 0 Å². The number of carboxylic acids is 1. The van der Waals surface area contributed by atoms with Crippen molar-refractivity contribution in [3.63, 3.8) is 0 Å². The van der Waals surface area contributed by atoms with Gasteiger partial charge in [0.2, 0.25) is 0 Å². The van der Waals surface area contributed by atoms with Crippen LogP contribution in [0.1, 0.15) is 40.6 Å². The summed E-state index contributed by atoms with van der Waals surface area (Å²) in [5.41, 5.74) is -0.759. The SMILES string of the molecule is CC(=O)c1c[nH]c(C(=O)NC2(C(=O)O)CCOCC2)c1. The second-order valence-corrected chi connectivity index (χ2v) is 4.81. The maximum absolute atomic E-state index is 12.1. The Morgan fingerprint density at radius 1 is 1.35 bits per heavy atom. The van der Waals surface area contributed by atoms with E-state index in [0.717, 1.165) is 0 Å². The molecule has 0 saturated carbocycles. The molecule has 1 aromatic heterocycles. The van der Waals surface area contributed by atoms with Crippen LogP contribution < -0.4 is 5.32 Å². The van der Waals surface area contributed by atoms with Gasteiger partial charge in [-0.05, 0) is 13.0 Å². The van der Waals surface area contributed by atoms with Gasteiger partial charge in [0.1, 0.15) is 11.2 Å². The van der Waals surface area contributed by atoms with E-state index in [1.54, 1.807) is 0 Å². The van der Waals surface area contributed by atoms with Gasteiger partial charge in [-0.2, -0.15) is 0 Å². The third-order valence-electron chi connectivity index (χ3n) is 3.44. The Kier molecular flexibility index (Phi) is 3.89. The molecular weight excluding hydrogens is 264 g/mol. The van der Waals surface area contributed by atoms with E-state index >= 15 is 0 Å². The second kappa shape index (κ2) is 5.46. The minimum atomic E-state index is -1.31. The van der Waals surface area contributed by atoms with Gasteiger partial charge in [-0.15, -0.1) is 0 Å². The van der Waals surface area contributed by atoms with E-state index in [0.29, 0.717) is 5.56 Å². The maximum Gasteiger partial charge on any atom is 0.329 e. The molecule has 2 heterocycles. The lowest BCUT2D eigenvalue weighted by Gasteiger charge is -2.33. The molecule has 0 bridgehead atoms. The number of aliphatic carboxylic acids is 1. The molecule has 0 aromatic carbocycles. The fourth-order valence-electron chi connectivity index (χ4n) is 2.13. The smallest absolute Gasteiger partial charge is 0.329 e. The van der Waals surface area contributed by atoms with Crippen LogP contribution in [-0.2, 0) is 9.53 Å².